The lowest BCUT2D eigenvalue weighted by atomic mass is 10.3. The molecule has 0 aliphatic rings. The summed E-state index contributed by atoms with van der Waals surface area (Å²) in [6, 6.07) is 0.351. The highest BCUT2D eigenvalue weighted by Crippen LogP contribution is 2.08. The maximum atomic E-state index is 5.93. The minimum Gasteiger partial charge on any atom is -0.298 e. The quantitative estimate of drug-likeness (QED) is 0.725. The largest absolute Gasteiger partial charge is 0.298 e. The second kappa shape index (κ2) is 5.47. The van der Waals surface area contributed by atoms with Crippen LogP contribution in [0.15, 0.2) is 6.33 Å². The fraction of sp³-hybridized carbons (Fsp3) is 0.800. The van der Waals surface area contributed by atoms with Gasteiger partial charge in [0.1, 0.15) is 12.2 Å². The summed E-state index contributed by atoms with van der Waals surface area (Å²) in [5.41, 5.74) is 0. The van der Waals surface area contributed by atoms with Gasteiger partial charge in [0.2, 0.25) is 0 Å². The minimum absolute atomic E-state index is 0.158. The second-order valence-electron chi connectivity index (χ2n) is 4.19. The third-order valence-corrected chi connectivity index (χ3v) is 2.25. The number of alkyl halides is 1. The van der Waals surface area contributed by atoms with E-state index in [0.29, 0.717) is 6.04 Å². The van der Waals surface area contributed by atoms with Crippen molar-refractivity contribution < 1.29 is 0 Å². The van der Waals surface area contributed by atoms with Crippen LogP contribution in [0.5, 0.6) is 0 Å². The lowest BCUT2D eigenvalue weighted by Crippen LogP contribution is -2.26. The maximum Gasteiger partial charge on any atom is 0.141 e. The molecule has 1 rings (SSSR count). The van der Waals surface area contributed by atoms with Gasteiger partial charge in [-0.25, -0.2) is 9.67 Å². The van der Waals surface area contributed by atoms with Gasteiger partial charge in [-0.15, -0.1) is 11.6 Å². The summed E-state index contributed by atoms with van der Waals surface area (Å²) >= 11 is 5.93. The van der Waals surface area contributed by atoms with Crippen LogP contribution in [0.4, 0.5) is 0 Å². The molecular formula is C10H19ClN4. The highest BCUT2D eigenvalue weighted by Gasteiger charge is 2.11. The number of nitrogens with zero attached hydrogens (tertiary/aromatic N) is 4. The van der Waals surface area contributed by atoms with Crippen molar-refractivity contribution in [2.24, 2.45) is 0 Å². The van der Waals surface area contributed by atoms with Gasteiger partial charge >= 0.3 is 0 Å². The second-order valence-corrected chi connectivity index (χ2v) is 4.94. The normalized spacial score (nSPS) is 13.8. The zero-order valence-corrected chi connectivity index (χ0v) is 10.6. The van der Waals surface area contributed by atoms with E-state index in [1.54, 1.807) is 6.33 Å². The number of hydrogen-bond donors (Lipinski definition) is 0. The van der Waals surface area contributed by atoms with E-state index in [9.17, 15) is 0 Å². The van der Waals surface area contributed by atoms with E-state index in [1.165, 1.54) is 0 Å². The Morgan fingerprint density at radius 2 is 2.13 bits per heavy atom. The smallest absolute Gasteiger partial charge is 0.141 e. The Bertz CT molecular complexity index is 295. The zero-order chi connectivity index (χ0) is 11.4. The molecule has 1 heterocycles. The van der Waals surface area contributed by atoms with Gasteiger partial charge in [0.05, 0.1) is 6.54 Å². The van der Waals surface area contributed by atoms with Crippen LogP contribution < -0.4 is 0 Å². The maximum absolute atomic E-state index is 5.93. The molecule has 0 radical (unpaired) electrons. The molecule has 0 spiro atoms. The SMILES string of the molecule is CC(Cl)CN(C)Cc1ncnn1C(C)C. The monoisotopic (exact) mass is 230 g/mol. The Balaban J connectivity index is 2.60. The number of halogens is 1. The Kier molecular flexibility index (Phi) is 4.54. The summed E-state index contributed by atoms with van der Waals surface area (Å²) < 4.78 is 1.94. The van der Waals surface area contributed by atoms with Crippen LogP contribution in [0.1, 0.15) is 32.6 Å². The van der Waals surface area contributed by atoms with Crippen LogP contribution in [0, 0.1) is 0 Å². The zero-order valence-electron chi connectivity index (χ0n) is 9.81. The molecule has 4 nitrogen and oxygen atoms in total. The van der Waals surface area contributed by atoms with Crippen LogP contribution in [0.2, 0.25) is 0 Å². The van der Waals surface area contributed by atoms with E-state index < -0.39 is 0 Å². The lowest BCUT2D eigenvalue weighted by molar-refractivity contribution is 0.308. The molecule has 0 saturated heterocycles. The summed E-state index contributed by atoms with van der Waals surface area (Å²) in [5.74, 6) is 0.991. The number of hydrogen-bond acceptors (Lipinski definition) is 3. The third-order valence-electron chi connectivity index (χ3n) is 2.11. The fourth-order valence-electron chi connectivity index (χ4n) is 1.55. The molecule has 0 aliphatic carbocycles. The van der Waals surface area contributed by atoms with Crippen molar-refractivity contribution in [3.05, 3.63) is 12.2 Å². The van der Waals surface area contributed by atoms with E-state index in [1.807, 2.05) is 18.7 Å². The third kappa shape index (κ3) is 3.80. The molecule has 0 bridgehead atoms. The van der Waals surface area contributed by atoms with E-state index >= 15 is 0 Å². The summed E-state index contributed by atoms with van der Waals surface area (Å²) in [4.78, 5) is 6.41. The average molecular weight is 231 g/mol. The molecule has 1 atom stereocenters. The van der Waals surface area contributed by atoms with Gasteiger partial charge in [0, 0.05) is 18.0 Å². The molecule has 5 heteroatoms. The van der Waals surface area contributed by atoms with Crippen LogP contribution in [0.3, 0.4) is 0 Å². The predicted molar refractivity (Wildman–Crippen MR) is 62.1 cm³/mol. The summed E-state index contributed by atoms with van der Waals surface area (Å²) in [6.07, 6.45) is 1.60. The first kappa shape index (κ1) is 12.5. The van der Waals surface area contributed by atoms with E-state index in [0.717, 1.165) is 18.9 Å². The average Bonchev–Trinajstić information content (AvgIpc) is 2.50. The highest BCUT2D eigenvalue weighted by atomic mass is 35.5. The number of rotatable bonds is 5. The number of aromatic nitrogens is 3. The molecule has 15 heavy (non-hydrogen) atoms. The first-order chi connectivity index (χ1) is 7.00. The fourth-order valence-corrected chi connectivity index (χ4v) is 1.79. The predicted octanol–water partition coefficient (Wildman–Crippen LogP) is 1.92. The molecule has 1 aromatic heterocycles. The van der Waals surface area contributed by atoms with Crippen molar-refractivity contribution in [2.75, 3.05) is 13.6 Å². The van der Waals surface area contributed by atoms with Gasteiger partial charge in [-0.3, -0.25) is 4.90 Å². The van der Waals surface area contributed by atoms with Crippen molar-refractivity contribution in [2.45, 2.75) is 38.7 Å². The highest BCUT2D eigenvalue weighted by molar-refractivity contribution is 6.20. The molecule has 0 aliphatic heterocycles. The van der Waals surface area contributed by atoms with Gasteiger partial charge < -0.3 is 0 Å². The summed E-state index contributed by atoms with van der Waals surface area (Å²) in [6.45, 7) is 7.83. The van der Waals surface area contributed by atoms with Gasteiger partial charge in [-0.1, -0.05) is 0 Å². The molecule has 1 unspecified atom stereocenters. The van der Waals surface area contributed by atoms with E-state index in [4.69, 9.17) is 11.6 Å². The molecule has 86 valence electrons. The van der Waals surface area contributed by atoms with Crippen molar-refractivity contribution >= 4 is 11.6 Å². The van der Waals surface area contributed by atoms with Crippen LogP contribution in [-0.2, 0) is 6.54 Å². The van der Waals surface area contributed by atoms with Crippen molar-refractivity contribution in [1.29, 1.82) is 0 Å². The van der Waals surface area contributed by atoms with Gasteiger partial charge in [-0.05, 0) is 27.8 Å². The molecule has 0 N–H and O–H groups in total. The summed E-state index contributed by atoms with van der Waals surface area (Å²) in [5, 5.41) is 4.35. The van der Waals surface area contributed by atoms with Gasteiger partial charge in [0.25, 0.3) is 0 Å². The Morgan fingerprint density at radius 3 is 2.67 bits per heavy atom. The topological polar surface area (TPSA) is 34.0 Å². The molecule has 0 amide bonds. The molecule has 1 aromatic rings. The van der Waals surface area contributed by atoms with Crippen LogP contribution in [-0.4, -0.2) is 38.6 Å². The molecular weight excluding hydrogens is 212 g/mol. The van der Waals surface area contributed by atoms with Crippen molar-refractivity contribution in [3.8, 4) is 0 Å². The van der Waals surface area contributed by atoms with E-state index in [-0.39, 0.29) is 5.38 Å². The Morgan fingerprint density at radius 1 is 1.47 bits per heavy atom. The van der Waals surface area contributed by atoms with Crippen LogP contribution >= 0.6 is 11.6 Å². The Hall–Kier alpha value is -0.610. The van der Waals surface area contributed by atoms with Crippen molar-refractivity contribution in [1.82, 2.24) is 19.7 Å². The van der Waals surface area contributed by atoms with Crippen LogP contribution in [0.25, 0.3) is 0 Å². The molecule has 0 aromatic carbocycles. The molecule has 0 fully saturated rings. The first-order valence-electron chi connectivity index (χ1n) is 5.21. The summed E-state index contributed by atoms with van der Waals surface area (Å²) in [7, 11) is 2.04. The molecule has 0 saturated carbocycles. The Labute approximate surface area is 96.2 Å². The van der Waals surface area contributed by atoms with Gasteiger partial charge in [0.15, 0.2) is 0 Å². The standard InChI is InChI=1S/C10H19ClN4/c1-8(2)15-10(12-7-13-15)6-14(4)5-9(3)11/h7-9H,5-6H2,1-4H3. The lowest BCUT2D eigenvalue weighted by Gasteiger charge is -2.18. The van der Waals surface area contributed by atoms with Gasteiger partial charge in [-0.2, -0.15) is 5.10 Å². The first-order valence-corrected chi connectivity index (χ1v) is 5.65. The van der Waals surface area contributed by atoms with E-state index in [2.05, 4.69) is 28.8 Å². The van der Waals surface area contributed by atoms with Crippen molar-refractivity contribution in [3.63, 3.8) is 0 Å². The minimum atomic E-state index is 0.158.